The van der Waals surface area contributed by atoms with Crippen LogP contribution < -0.4 is 0 Å². The number of urea groups is 1. The summed E-state index contributed by atoms with van der Waals surface area (Å²) in [6.45, 7) is 11.9. The van der Waals surface area contributed by atoms with E-state index in [1.165, 1.54) is 11.9 Å². The van der Waals surface area contributed by atoms with E-state index >= 15 is 0 Å². The molecule has 0 spiro atoms. The number of hydrogen-bond acceptors (Lipinski definition) is 6. The van der Waals surface area contributed by atoms with Gasteiger partial charge in [-0.2, -0.15) is 0 Å². The Kier molecular flexibility index (Phi) is 9.89. The molecule has 0 radical (unpaired) electrons. The van der Waals surface area contributed by atoms with Crippen molar-refractivity contribution >= 4 is 11.9 Å². The van der Waals surface area contributed by atoms with Crippen LogP contribution in [0.1, 0.15) is 78.8 Å². The molecule has 5 heterocycles. The fourth-order valence-electron chi connectivity index (χ4n) is 8.29. The summed E-state index contributed by atoms with van der Waals surface area (Å²) in [6, 6.07) is 10.7. The van der Waals surface area contributed by atoms with E-state index in [1.54, 1.807) is 0 Å². The molecule has 4 saturated heterocycles. The number of rotatable bonds is 8. The number of carbonyl (C=O) groups excluding carboxylic acids is 2. The van der Waals surface area contributed by atoms with E-state index in [0.717, 1.165) is 63.0 Å². The summed E-state index contributed by atoms with van der Waals surface area (Å²) in [5.74, 6) is 0.371. The molecule has 46 heavy (non-hydrogen) atoms. The number of aromatic nitrogens is 2. The van der Waals surface area contributed by atoms with Crippen molar-refractivity contribution in [3.63, 3.8) is 0 Å². The van der Waals surface area contributed by atoms with Crippen molar-refractivity contribution < 1.29 is 18.4 Å². The molecular formula is C35H49F2N7O2. The van der Waals surface area contributed by atoms with E-state index in [0.29, 0.717) is 50.7 Å². The molecule has 1 unspecified atom stereocenters. The topological polar surface area (TPSA) is 76.1 Å². The van der Waals surface area contributed by atoms with Crippen LogP contribution in [-0.2, 0) is 0 Å². The minimum atomic E-state index is -2.30. The van der Waals surface area contributed by atoms with Crippen LogP contribution in [-0.4, -0.2) is 123 Å². The molecular weight excluding hydrogens is 588 g/mol. The molecule has 1 atom stereocenters. The number of likely N-dealkylation sites (tertiary alicyclic amines) is 3. The van der Waals surface area contributed by atoms with Gasteiger partial charge in [-0.3, -0.25) is 14.6 Å². The largest absolute Gasteiger partial charge is 0.338 e. The first kappa shape index (κ1) is 32.7. The first-order valence-electron chi connectivity index (χ1n) is 17.1. The second-order valence-electron chi connectivity index (χ2n) is 14.1. The summed E-state index contributed by atoms with van der Waals surface area (Å²) in [5.41, 5.74) is 3.27. The maximum Gasteiger partial charge on any atom is 0.320 e. The molecule has 250 valence electrons. The summed E-state index contributed by atoms with van der Waals surface area (Å²) in [7, 11) is 0. The van der Waals surface area contributed by atoms with Crippen molar-refractivity contribution in [1.29, 1.82) is 0 Å². The summed E-state index contributed by atoms with van der Waals surface area (Å²) in [6.07, 6.45) is 4.59. The number of alkyl halides is 2. The average Bonchev–Trinajstić information content (AvgIpc) is 3.37. The Labute approximate surface area is 271 Å². The Hall–Kier alpha value is -3.18. The highest BCUT2D eigenvalue weighted by Crippen LogP contribution is 2.38. The molecule has 4 aliphatic rings. The monoisotopic (exact) mass is 637 g/mol. The van der Waals surface area contributed by atoms with Crippen LogP contribution in [0, 0.1) is 19.8 Å². The van der Waals surface area contributed by atoms with Crippen LogP contribution in [0.4, 0.5) is 13.6 Å². The Morgan fingerprint density at radius 1 is 0.935 bits per heavy atom. The molecule has 1 aromatic heterocycles. The van der Waals surface area contributed by atoms with Crippen LogP contribution in [0.15, 0.2) is 36.7 Å². The molecule has 6 rings (SSSR count). The highest BCUT2D eigenvalue weighted by atomic mass is 19.3. The molecule has 2 aromatic rings. The lowest BCUT2D eigenvalue weighted by molar-refractivity contribution is 0.00488. The second-order valence-corrected chi connectivity index (χ2v) is 14.1. The molecule has 4 aliphatic heterocycles. The van der Waals surface area contributed by atoms with Crippen LogP contribution in [0.2, 0.25) is 0 Å². The van der Waals surface area contributed by atoms with Gasteiger partial charge in [-0.05, 0) is 83.9 Å². The van der Waals surface area contributed by atoms with Gasteiger partial charge in [-0.15, -0.1) is 0 Å². The first-order valence-corrected chi connectivity index (χ1v) is 17.1. The Morgan fingerprint density at radius 2 is 1.57 bits per heavy atom. The Balaban J connectivity index is 1.07. The van der Waals surface area contributed by atoms with Crippen LogP contribution in [0.5, 0.6) is 0 Å². The zero-order valence-corrected chi connectivity index (χ0v) is 27.6. The van der Waals surface area contributed by atoms with Gasteiger partial charge in [0.25, 0.3) is 12.3 Å². The van der Waals surface area contributed by atoms with Gasteiger partial charge in [0.15, 0.2) is 0 Å². The normalized spacial score (nSPS) is 23.9. The third kappa shape index (κ3) is 6.90. The average molecular weight is 638 g/mol. The van der Waals surface area contributed by atoms with Gasteiger partial charge in [0, 0.05) is 50.8 Å². The molecule has 0 N–H and O–H groups in total. The third-order valence-electron chi connectivity index (χ3n) is 11.2. The lowest BCUT2D eigenvalue weighted by Crippen LogP contribution is -2.58. The SMILES string of the molecule is Cc1ncnc(C)c1C(=O)N1CCC(C)(N2CCC(N3C(=O)N(CC4CCN(CC(F)F)CC4)CC3c3ccccc3)CC2)CC1. The van der Waals surface area contributed by atoms with Gasteiger partial charge in [-0.1, -0.05) is 30.3 Å². The Bertz CT molecular complexity index is 1330. The summed E-state index contributed by atoms with van der Waals surface area (Å²) >= 11 is 0. The lowest BCUT2D eigenvalue weighted by atomic mass is 9.85. The maximum absolute atomic E-state index is 14.1. The molecule has 1 aromatic carbocycles. The van der Waals surface area contributed by atoms with Gasteiger partial charge in [0.2, 0.25) is 0 Å². The number of benzene rings is 1. The van der Waals surface area contributed by atoms with Crippen LogP contribution in [0.25, 0.3) is 0 Å². The minimum Gasteiger partial charge on any atom is -0.338 e. The number of piperidine rings is 3. The maximum atomic E-state index is 14.1. The van der Waals surface area contributed by atoms with E-state index in [-0.39, 0.29) is 36.1 Å². The predicted octanol–water partition coefficient (Wildman–Crippen LogP) is 5.01. The standard InChI is InChI=1S/C35H49F2N7O2/c1-25-32(26(2)39-24-38-25)33(45)41-19-13-35(3,14-20-41)43-17-11-29(12-18-43)44-30(28-7-5-4-6-8-28)22-42(34(44)46)21-27-9-15-40(16-10-27)23-31(36)37/h4-8,24,27,29-31H,9-23H2,1-3H3. The number of hydrogen-bond donors (Lipinski definition) is 0. The lowest BCUT2D eigenvalue weighted by Gasteiger charge is -2.50. The fraction of sp³-hybridized carbons (Fsp3) is 0.657. The van der Waals surface area contributed by atoms with Crippen molar-refractivity contribution in [3.05, 3.63) is 59.2 Å². The molecule has 4 fully saturated rings. The van der Waals surface area contributed by atoms with Crippen molar-refractivity contribution in [2.45, 2.75) is 83.3 Å². The minimum absolute atomic E-state index is 0.0120. The quantitative estimate of drug-likeness (QED) is 0.405. The summed E-state index contributed by atoms with van der Waals surface area (Å²) in [4.78, 5) is 46.5. The number of halogens is 2. The van der Waals surface area contributed by atoms with Crippen molar-refractivity contribution in [1.82, 2.24) is 34.5 Å². The second kappa shape index (κ2) is 13.9. The Morgan fingerprint density at radius 3 is 2.17 bits per heavy atom. The summed E-state index contributed by atoms with van der Waals surface area (Å²) < 4.78 is 25.8. The number of nitrogens with zero attached hydrogens (tertiary/aromatic N) is 7. The first-order chi connectivity index (χ1) is 22.1. The van der Waals surface area contributed by atoms with Crippen molar-refractivity contribution in [3.8, 4) is 0 Å². The number of amides is 3. The summed E-state index contributed by atoms with van der Waals surface area (Å²) in [5, 5.41) is 0. The van der Waals surface area contributed by atoms with Gasteiger partial charge >= 0.3 is 6.03 Å². The smallest absolute Gasteiger partial charge is 0.320 e. The highest BCUT2D eigenvalue weighted by molar-refractivity contribution is 5.96. The zero-order chi connectivity index (χ0) is 32.4. The van der Waals surface area contributed by atoms with E-state index in [2.05, 4.69) is 38.8 Å². The van der Waals surface area contributed by atoms with Crippen LogP contribution in [0.3, 0.4) is 0 Å². The molecule has 3 amide bonds. The van der Waals surface area contributed by atoms with Crippen molar-refractivity contribution in [2.75, 3.05) is 58.9 Å². The molecule has 11 heteroatoms. The van der Waals surface area contributed by atoms with Gasteiger partial charge in [0.1, 0.15) is 6.33 Å². The predicted molar refractivity (Wildman–Crippen MR) is 173 cm³/mol. The zero-order valence-electron chi connectivity index (χ0n) is 27.6. The number of aryl methyl sites for hydroxylation is 2. The van der Waals surface area contributed by atoms with E-state index in [1.807, 2.05) is 46.7 Å². The fourth-order valence-corrected chi connectivity index (χ4v) is 8.29. The van der Waals surface area contributed by atoms with Gasteiger partial charge < -0.3 is 14.7 Å². The van der Waals surface area contributed by atoms with E-state index in [4.69, 9.17) is 0 Å². The van der Waals surface area contributed by atoms with Crippen LogP contribution >= 0.6 is 0 Å². The molecule has 0 saturated carbocycles. The highest BCUT2D eigenvalue weighted by Gasteiger charge is 2.45. The molecule has 9 nitrogen and oxygen atoms in total. The van der Waals surface area contributed by atoms with E-state index < -0.39 is 6.43 Å². The third-order valence-corrected chi connectivity index (χ3v) is 11.2. The van der Waals surface area contributed by atoms with E-state index in [9.17, 15) is 18.4 Å². The van der Waals surface area contributed by atoms with Gasteiger partial charge in [0.05, 0.1) is 29.5 Å². The molecule has 0 bridgehead atoms. The van der Waals surface area contributed by atoms with Gasteiger partial charge in [-0.25, -0.2) is 23.5 Å². The number of carbonyl (C=O) groups is 2. The van der Waals surface area contributed by atoms with Crippen molar-refractivity contribution in [2.24, 2.45) is 5.92 Å². The molecule has 0 aliphatic carbocycles.